The summed E-state index contributed by atoms with van der Waals surface area (Å²) >= 11 is 0. The molecular weight excluding hydrogens is 201 g/mol. The van der Waals surface area contributed by atoms with Crippen molar-refractivity contribution in [2.24, 2.45) is 4.99 Å². The molecule has 78 valence electrons. The predicted molar refractivity (Wildman–Crippen MR) is 48.8 cm³/mol. The first-order valence-electron chi connectivity index (χ1n) is 4.40. The third kappa shape index (κ3) is 1.47. The predicted octanol–water partition coefficient (Wildman–Crippen LogP) is 1.56. The molecule has 2 N–H and O–H groups in total. The van der Waals surface area contributed by atoms with E-state index in [1.807, 2.05) is 0 Å². The molecule has 0 atom stereocenters. The van der Waals surface area contributed by atoms with E-state index in [0.29, 0.717) is 18.4 Å². The summed E-state index contributed by atoms with van der Waals surface area (Å²) in [4.78, 5) is 13.8. The van der Waals surface area contributed by atoms with Crippen molar-refractivity contribution in [1.29, 1.82) is 0 Å². The summed E-state index contributed by atoms with van der Waals surface area (Å²) in [6.07, 6.45) is 2.66. The molecular formula is C10H8FNO3. The van der Waals surface area contributed by atoms with Crippen LogP contribution in [-0.2, 0) is 10.3 Å². The van der Waals surface area contributed by atoms with E-state index in [0.717, 1.165) is 6.07 Å². The number of aliphatic imine (C=N–C) groups is 1. The van der Waals surface area contributed by atoms with Gasteiger partial charge < -0.3 is 10.2 Å². The molecule has 0 spiro atoms. The Morgan fingerprint density at radius 1 is 1.40 bits per heavy atom. The fourth-order valence-corrected chi connectivity index (χ4v) is 1.52. The molecule has 1 saturated carbocycles. The van der Waals surface area contributed by atoms with Gasteiger partial charge in [-0.05, 0) is 30.5 Å². The SMILES string of the molecule is O=C=NC1(c2cc(O)c(O)c(F)c2)CC1. The highest BCUT2D eigenvalue weighted by Gasteiger charge is 2.45. The molecule has 4 nitrogen and oxygen atoms in total. The second kappa shape index (κ2) is 3.07. The van der Waals surface area contributed by atoms with Crippen LogP contribution in [0.25, 0.3) is 0 Å². The number of phenols is 2. The minimum absolute atomic E-state index is 0.388. The molecule has 15 heavy (non-hydrogen) atoms. The van der Waals surface area contributed by atoms with Gasteiger partial charge in [0.1, 0.15) is 0 Å². The van der Waals surface area contributed by atoms with Crippen LogP contribution in [0.2, 0.25) is 0 Å². The van der Waals surface area contributed by atoms with Crippen molar-refractivity contribution in [2.75, 3.05) is 0 Å². The zero-order chi connectivity index (χ0) is 11.1. The monoisotopic (exact) mass is 209 g/mol. The van der Waals surface area contributed by atoms with Crippen LogP contribution in [0.15, 0.2) is 17.1 Å². The highest BCUT2D eigenvalue weighted by Crippen LogP contribution is 2.50. The van der Waals surface area contributed by atoms with Crippen molar-refractivity contribution in [3.8, 4) is 11.5 Å². The van der Waals surface area contributed by atoms with Gasteiger partial charge in [-0.1, -0.05) is 0 Å². The summed E-state index contributed by atoms with van der Waals surface area (Å²) in [5.74, 6) is -2.25. The van der Waals surface area contributed by atoms with E-state index in [1.54, 1.807) is 0 Å². The molecule has 0 unspecified atom stereocenters. The largest absolute Gasteiger partial charge is 0.504 e. The van der Waals surface area contributed by atoms with Crippen LogP contribution in [-0.4, -0.2) is 16.3 Å². The minimum Gasteiger partial charge on any atom is -0.504 e. The van der Waals surface area contributed by atoms with Gasteiger partial charge in [-0.2, -0.15) is 4.99 Å². The molecule has 0 heterocycles. The van der Waals surface area contributed by atoms with Gasteiger partial charge in [0.05, 0.1) is 5.54 Å². The first-order valence-corrected chi connectivity index (χ1v) is 4.40. The number of halogens is 1. The first kappa shape index (κ1) is 9.68. The molecule has 0 saturated heterocycles. The summed E-state index contributed by atoms with van der Waals surface area (Å²) in [5, 5.41) is 18.2. The van der Waals surface area contributed by atoms with Crippen LogP contribution in [0.4, 0.5) is 4.39 Å². The summed E-state index contributed by atoms with van der Waals surface area (Å²) in [5.41, 5.74) is -0.355. The molecule has 0 aliphatic heterocycles. The number of phenolic OH excluding ortho intramolecular Hbond substituents is 2. The van der Waals surface area contributed by atoms with E-state index in [2.05, 4.69) is 4.99 Å². The molecule has 5 heteroatoms. The van der Waals surface area contributed by atoms with Gasteiger partial charge in [-0.15, -0.1) is 0 Å². The number of carbonyl (C=O) groups excluding carboxylic acids is 1. The molecule has 0 aromatic heterocycles. The van der Waals surface area contributed by atoms with Crippen molar-refractivity contribution in [2.45, 2.75) is 18.4 Å². The molecule has 1 aromatic carbocycles. The Bertz CT molecular complexity index is 439. The standard InChI is InChI=1S/C10H8FNO3/c11-7-3-6(4-8(14)9(7)15)10(1-2-10)12-5-13/h3-4,14-15H,1-2H2. The molecule has 1 aliphatic carbocycles. The van der Waals surface area contributed by atoms with Gasteiger partial charge in [0, 0.05) is 0 Å². The number of rotatable bonds is 2. The Morgan fingerprint density at radius 3 is 2.53 bits per heavy atom. The zero-order valence-electron chi connectivity index (χ0n) is 7.70. The molecule has 1 aliphatic rings. The van der Waals surface area contributed by atoms with Gasteiger partial charge in [0.15, 0.2) is 17.3 Å². The van der Waals surface area contributed by atoms with Gasteiger partial charge in [0.2, 0.25) is 6.08 Å². The van der Waals surface area contributed by atoms with E-state index in [4.69, 9.17) is 5.11 Å². The number of hydrogen-bond donors (Lipinski definition) is 2. The summed E-state index contributed by atoms with van der Waals surface area (Å²) < 4.78 is 13.1. The van der Waals surface area contributed by atoms with Crippen LogP contribution in [0.3, 0.4) is 0 Å². The normalized spacial score (nSPS) is 16.9. The maximum Gasteiger partial charge on any atom is 0.235 e. The van der Waals surface area contributed by atoms with Crippen LogP contribution < -0.4 is 0 Å². The van der Waals surface area contributed by atoms with Crippen molar-refractivity contribution in [3.05, 3.63) is 23.5 Å². The summed E-state index contributed by atoms with van der Waals surface area (Å²) in [6.45, 7) is 0. The van der Waals surface area contributed by atoms with E-state index < -0.39 is 22.9 Å². The van der Waals surface area contributed by atoms with Crippen molar-refractivity contribution >= 4 is 6.08 Å². The smallest absolute Gasteiger partial charge is 0.235 e. The summed E-state index contributed by atoms with van der Waals surface area (Å²) in [7, 11) is 0. The van der Waals surface area contributed by atoms with E-state index in [1.165, 1.54) is 12.1 Å². The second-order valence-electron chi connectivity index (χ2n) is 3.56. The van der Waals surface area contributed by atoms with Crippen LogP contribution in [0.1, 0.15) is 18.4 Å². The van der Waals surface area contributed by atoms with Gasteiger partial charge >= 0.3 is 0 Å². The maximum absolute atomic E-state index is 13.1. The van der Waals surface area contributed by atoms with Gasteiger partial charge in [0.25, 0.3) is 0 Å². The Kier molecular flexibility index (Phi) is 1.98. The number of isocyanates is 1. The zero-order valence-corrected chi connectivity index (χ0v) is 7.70. The van der Waals surface area contributed by atoms with Crippen molar-refractivity contribution in [1.82, 2.24) is 0 Å². The van der Waals surface area contributed by atoms with Crippen molar-refractivity contribution < 1.29 is 19.4 Å². The fourth-order valence-electron chi connectivity index (χ4n) is 1.52. The van der Waals surface area contributed by atoms with Crippen LogP contribution in [0.5, 0.6) is 11.5 Å². The Balaban J connectivity index is 2.51. The van der Waals surface area contributed by atoms with Gasteiger partial charge in [-0.25, -0.2) is 9.18 Å². The molecule has 0 bridgehead atoms. The highest BCUT2D eigenvalue weighted by atomic mass is 19.1. The van der Waals surface area contributed by atoms with Crippen LogP contribution >= 0.6 is 0 Å². The molecule has 2 rings (SSSR count). The third-order valence-electron chi connectivity index (χ3n) is 2.56. The molecule has 1 fully saturated rings. The van der Waals surface area contributed by atoms with E-state index in [-0.39, 0.29) is 0 Å². The van der Waals surface area contributed by atoms with E-state index in [9.17, 15) is 14.3 Å². The number of benzene rings is 1. The molecule has 1 aromatic rings. The fraction of sp³-hybridized carbons (Fsp3) is 0.300. The number of nitrogens with zero attached hydrogens (tertiary/aromatic N) is 1. The number of aromatic hydroxyl groups is 2. The lowest BCUT2D eigenvalue weighted by molar-refractivity contribution is 0.377. The Hall–Kier alpha value is -1.87. The number of hydrogen-bond acceptors (Lipinski definition) is 4. The second-order valence-corrected chi connectivity index (χ2v) is 3.56. The average Bonchev–Trinajstić information content (AvgIpc) is 2.95. The average molecular weight is 209 g/mol. The lowest BCUT2D eigenvalue weighted by Gasteiger charge is -2.09. The third-order valence-corrected chi connectivity index (χ3v) is 2.56. The van der Waals surface area contributed by atoms with Crippen molar-refractivity contribution in [3.63, 3.8) is 0 Å². The Morgan fingerprint density at radius 2 is 2.07 bits per heavy atom. The van der Waals surface area contributed by atoms with E-state index >= 15 is 0 Å². The lowest BCUT2D eigenvalue weighted by Crippen LogP contribution is -2.02. The molecule has 0 amide bonds. The highest BCUT2D eigenvalue weighted by molar-refractivity contribution is 5.48. The topological polar surface area (TPSA) is 69.9 Å². The quantitative estimate of drug-likeness (QED) is 0.441. The molecule has 0 radical (unpaired) electrons. The van der Waals surface area contributed by atoms with Crippen LogP contribution in [0, 0.1) is 5.82 Å². The maximum atomic E-state index is 13.1. The van der Waals surface area contributed by atoms with Gasteiger partial charge in [-0.3, -0.25) is 0 Å². The Labute approximate surface area is 84.7 Å². The first-order chi connectivity index (χ1) is 7.09. The lowest BCUT2D eigenvalue weighted by atomic mass is 10.0. The minimum atomic E-state index is -0.919. The summed E-state index contributed by atoms with van der Waals surface area (Å²) in [6, 6.07) is 2.29.